The van der Waals surface area contributed by atoms with Crippen LogP contribution in [0.3, 0.4) is 0 Å². The molecule has 6 heteroatoms. The Balaban J connectivity index is 1.76. The Labute approximate surface area is 299 Å². The fourth-order valence-corrected chi connectivity index (χ4v) is 8.14. The first-order valence-electron chi connectivity index (χ1n) is 21.4. The average molecular weight is 683 g/mol. The van der Waals surface area contributed by atoms with E-state index in [0.717, 1.165) is 23.9 Å². The van der Waals surface area contributed by atoms with Crippen LogP contribution in [0.1, 0.15) is 194 Å². The van der Waals surface area contributed by atoms with E-state index >= 15 is 0 Å². The Morgan fingerprint density at radius 1 is 0.562 bits per heavy atom. The Morgan fingerprint density at radius 2 is 0.938 bits per heavy atom. The Bertz CT molecular complexity index is 714. The zero-order valence-electron chi connectivity index (χ0n) is 32.9. The van der Waals surface area contributed by atoms with Crippen molar-refractivity contribution in [3.05, 3.63) is 0 Å². The molecule has 0 amide bonds. The highest BCUT2D eigenvalue weighted by Gasteiger charge is 2.49. The van der Waals surface area contributed by atoms with E-state index in [9.17, 15) is 5.11 Å². The summed E-state index contributed by atoms with van der Waals surface area (Å²) < 4.78 is 26.2. The number of methoxy groups -OCH3 is 1. The topological polar surface area (TPSA) is 57.2 Å². The number of nitrogens with zero attached hydrogens (tertiary/aromatic N) is 1. The lowest BCUT2D eigenvalue weighted by molar-refractivity contribution is -0.918. The second kappa shape index (κ2) is 28.4. The van der Waals surface area contributed by atoms with E-state index in [-0.39, 0.29) is 6.10 Å². The quantitative estimate of drug-likeness (QED) is 0.0565. The van der Waals surface area contributed by atoms with Gasteiger partial charge in [-0.05, 0) is 38.5 Å². The SMILES string of the molecule is CCCCCCCCCCCCCCOC1C(OC)OC(C[N+](C)(C)C2CCCC2)C(O)C1OCCCCCCCCCCCCCC. The van der Waals surface area contributed by atoms with Crippen LogP contribution in [0, 0.1) is 0 Å². The van der Waals surface area contributed by atoms with Gasteiger partial charge in [0.2, 0.25) is 0 Å². The molecule has 0 spiro atoms. The molecule has 0 aromatic carbocycles. The van der Waals surface area contributed by atoms with Crippen LogP contribution < -0.4 is 0 Å². The van der Waals surface area contributed by atoms with Gasteiger partial charge in [0.15, 0.2) is 6.29 Å². The summed E-state index contributed by atoms with van der Waals surface area (Å²) in [5.74, 6) is 0. The third kappa shape index (κ3) is 18.8. The molecule has 0 radical (unpaired) electrons. The third-order valence-corrected chi connectivity index (χ3v) is 11.4. The van der Waals surface area contributed by atoms with Gasteiger partial charge in [-0.15, -0.1) is 0 Å². The maximum atomic E-state index is 11.7. The fourth-order valence-electron chi connectivity index (χ4n) is 8.14. The molecule has 2 fully saturated rings. The van der Waals surface area contributed by atoms with Gasteiger partial charge < -0.3 is 28.5 Å². The lowest BCUT2D eigenvalue weighted by Gasteiger charge is -2.47. The minimum absolute atomic E-state index is 0.330. The van der Waals surface area contributed by atoms with Gasteiger partial charge in [-0.1, -0.05) is 155 Å². The molecule has 1 aliphatic carbocycles. The van der Waals surface area contributed by atoms with Gasteiger partial charge in [0.05, 0.1) is 20.1 Å². The first kappa shape index (κ1) is 43.9. The molecule has 2 rings (SSSR count). The summed E-state index contributed by atoms with van der Waals surface area (Å²) in [7, 11) is 6.30. The maximum absolute atomic E-state index is 11.7. The van der Waals surface area contributed by atoms with Gasteiger partial charge in [0.25, 0.3) is 0 Å². The standard InChI is InChI=1S/C42H84NO5/c1-6-8-10-12-14-16-18-20-22-24-26-30-34-46-40-39(44)38(36-43(3,4)37-32-28-29-33-37)48-42(45-5)41(40)47-35-31-27-25-23-21-19-17-15-13-11-9-7-2/h37-42,44H,6-36H2,1-5H3/q+1. The molecule has 6 nitrogen and oxygen atoms in total. The van der Waals surface area contributed by atoms with E-state index < -0.39 is 24.6 Å². The summed E-state index contributed by atoms with van der Waals surface area (Å²) in [6.45, 7) is 6.64. The van der Waals surface area contributed by atoms with Crippen molar-refractivity contribution in [3.63, 3.8) is 0 Å². The predicted molar refractivity (Wildman–Crippen MR) is 203 cm³/mol. The van der Waals surface area contributed by atoms with Gasteiger partial charge in [-0.3, -0.25) is 0 Å². The molecule has 1 saturated heterocycles. The molecule has 5 unspecified atom stereocenters. The largest absolute Gasteiger partial charge is 0.387 e. The summed E-state index contributed by atoms with van der Waals surface area (Å²) in [5.41, 5.74) is 0. The lowest BCUT2D eigenvalue weighted by atomic mass is 9.96. The van der Waals surface area contributed by atoms with Gasteiger partial charge in [-0.2, -0.15) is 0 Å². The van der Waals surface area contributed by atoms with Crippen molar-refractivity contribution in [2.45, 2.75) is 230 Å². The van der Waals surface area contributed by atoms with Crippen LogP contribution in [0.2, 0.25) is 0 Å². The molecule has 0 aromatic rings. The summed E-state index contributed by atoms with van der Waals surface area (Å²) in [6.07, 6.45) is 34.5. The van der Waals surface area contributed by atoms with Crippen molar-refractivity contribution in [3.8, 4) is 0 Å². The number of rotatable bonds is 32. The number of unbranched alkanes of at least 4 members (excludes halogenated alkanes) is 22. The highest BCUT2D eigenvalue weighted by atomic mass is 16.7. The van der Waals surface area contributed by atoms with Crippen molar-refractivity contribution in [1.29, 1.82) is 0 Å². The second-order valence-electron chi connectivity index (χ2n) is 16.1. The summed E-state index contributed by atoms with van der Waals surface area (Å²) >= 11 is 0. The van der Waals surface area contributed by atoms with E-state index in [4.69, 9.17) is 18.9 Å². The normalized spacial score (nSPS) is 23.8. The van der Waals surface area contributed by atoms with E-state index in [2.05, 4.69) is 27.9 Å². The fraction of sp³-hybridized carbons (Fsp3) is 1.00. The second-order valence-corrected chi connectivity index (χ2v) is 16.1. The Morgan fingerprint density at radius 3 is 1.33 bits per heavy atom. The van der Waals surface area contributed by atoms with Crippen LogP contribution in [0.15, 0.2) is 0 Å². The number of hydrogen-bond donors (Lipinski definition) is 1. The van der Waals surface area contributed by atoms with Crippen molar-refractivity contribution in [2.75, 3.05) is 41.0 Å². The number of likely N-dealkylation sites (N-methyl/N-ethyl adjacent to an activating group) is 1. The Kier molecular flexibility index (Phi) is 25.9. The highest BCUT2D eigenvalue weighted by molar-refractivity contribution is 4.92. The molecule has 5 atom stereocenters. The van der Waals surface area contributed by atoms with Gasteiger partial charge in [0.1, 0.15) is 31.0 Å². The van der Waals surface area contributed by atoms with Crippen LogP contribution in [-0.4, -0.2) is 87.3 Å². The molecule has 48 heavy (non-hydrogen) atoms. The van der Waals surface area contributed by atoms with Gasteiger partial charge >= 0.3 is 0 Å². The number of aliphatic hydroxyl groups is 1. The molecule has 1 N–H and O–H groups in total. The monoisotopic (exact) mass is 683 g/mol. The molecular weight excluding hydrogens is 598 g/mol. The van der Waals surface area contributed by atoms with E-state index in [0.29, 0.717) is 19.3 Å². The summed E-state index contributed by atoms with van der Waals surface area (Å²) in [4.78, 5) is 0. The lowest BCUT2D eigenvalue weighted by Crippen LogP contribution is -2.64. The minimum Gasteiger partial charge on any atom is -0.387 e. The predicted octanol–water partition coefficient (Wildman–Crippen LogP) is 10.9. The number of ether oxygens (including phenoxy) is 4. The van der Waals surface area contributed by atoms with Gasteiger partial charge in [-0.25, -0.2) is 0 Å². The van der Waals surface area contributed by atoms with Crippen molar-refractivity contribution in [1.82, 2.24) is 0 Å². The van der Waals surface area contributed by atoms with Crippen LogP contribution in [-0.2, 0) is 18.9 Å². The minimum atomic E-state index is -0.723. The van der Waals surface area contributed by atoms with E-state index in [1.807, 2.05) is 0 Å². The number of aliphatic hydroxyl groups excluding tert-OH is 1. The molecule has 1 aliphatic heterocycles. The molecular formula is C42H84NO5+. The van der Waals surface area contributed by atoms with Crippen LogP contribution in [0.5, 0.6) is 0 Å². The van der Waals surface area contributed by atoms with E-state index in [1.54, 1.807) is 7.11 Å². The average Bonchev–Trinajstić information content (AvgIpc) is 3.64. The zero-order valence-corrected chi connectivity index (χ0v) is 32.9. The first-order chi connectivity index (χ1) is 23.4. The molecule has 286 valence electrons. The smallest absolute Gasteiger partial charge is 0.186 e. The molecule has 0 bridgehead atoms. The molecule has 1 heterocycles. The van der Waals surface area contributed by atoms with Crippen LogP contribution in [0.4, 0.5) is 0 Å². The summed E-state index contributed by atoms with van der Waals surface area (Å²) in [6, 6.07) is 0.627. The van der Waals surface area contributed by atoms with Crippen molar-refractivity contribution in [2.24, 2.45) is 0 Å². The first-order valence-corrected chi connectivity index (χ1v) is 21.4. The van der Waals surface area contributed by atoms with Crippen LogP contribution in [0.25, 0.3) is 0 Å². The van der Waals surface area contributed by atoms with Gasteiger partial charge in [0, 0.05) is 20.3 Å². The van der Waals surface area contributed by atoms with Crippen molar-refractivity contribution < 1.29 is 28.5 Å². The summed E-state index contributed by atoms with van der Waals surface area (Å²) in [5, 5.41) is 11.7. The van der Waals surface area contributed by atoms with Crippen LogP contribution >= 0.6 is 0 Å². The van der Waals surface area contributed by atoms with E-state index in [1.165, 1.54) is 167 Å². The third-order valence-electron chi connectivity index (χ3n) is 11.4. The Hall–Kier alpha value is -0.240. The highest BCUT2D eigenvalue weighted by Crippen LogP contribution is 2.32. The van der Waals surface area contributed by atoms with Crippen molar-refractivity contribution >= 4 is 0 Å². The maximum Gasteiger partial charge on any atom is 0.186 e. The molecule has 2 aliphatic rings. The molecule has 0 aromatic heterocycles. The number of hydrogen-bond acceptors (Lipinski definition) is 5. The molecule has 1 saturated carbocycles. The zero-order chi connectivity index (χ0) is 34.7. The number of quaternary nitrogens is 1.